The summed E-state index contributed by atoms with van der Waals surface area (Å²) in [5.41, 5.74) is 2.17. The minimum Gasteiger partial charge on any atom is -0.363 e. The average molecular weight is 344 g/mol. The molecule has 0 spiro atoms. The highest BCUT2D eigenvalue weighted by atomic mass is 35.5. The summed E-state index contributed by atoms with van der Waals surface area (Å²) in [6.45, 7) is 2.10. The van der Waals surface area contributed by atoms with Gasteiger partial charge in [0.25, 0.3) is 0 Å². The van der Waals surface area contributed by atoms with E-state index in [1.807, 2.05) is 49.3 Å². The Morgan fingerprint density at radius 2 is 1.90 bits per heavy atom. The van der Waals surface area contributed by atoms with E-state index in [1.165, 1.54) is 0 Å². The normalized spacial score (nSPS) is 10.1. The Morgan fingerprint density at radius 3 is 2.52 bits per heavy atom. The maximum absolute atomic E-state index is 6.17. The second-order valence-electron chi connectivity index (χ2n) is 4.63. The van der Waals surface area contributed by atoms with Gasteiger partial charge in [-0.25, -0.2) is 9.97 Å². The Morgan fingerprint density at radius 1 is 1.19 bits per heavy atom. The third-order valence-corrected chi connectivity index (χ3v) is 4.15. The summed E-state index contributed by atoms with van der Waals surface area (Å²) in [5, 5.41) is 1.59. The van der Waals surface area contributed by atoms with Crippen molar-refractivity contribution in [3.8, 4) is 0 Å². The number of aryl methyl sites for hydroxylation is 1. The van der Waals surface area contributed by atoms with Crippen molar-refractivity contribution in [2.24, 2.45) is 0 Å². The van der Waals surface area contributed by atoms with Crippen LogP contribution in [0.25, 0.3) is 0 Å². The van der Waals surface area contributed by atoms with Crippen LogP contribution in [0.15, 0.2) is 35.5 Å². The summed E-state index contributed by atoms with van der Waals surface area (Å²) >= 11 is 7.78. The van der Waals surface area contributed by atoms with Gasteiger partial charge in [-0.2, -0.15) is 0 Å². The second-order valence-corrected chi connectivity index (χ2v) is 5.98. The molecule has 0 aliphatic heterocycles. The average Bonchev–Trinajstić information content (AvgIpc) is 2.46. The molecule has 0 atom stereocenters. The Labute approximate surface area is 141 Å². The van der Waals surface area contributed by atoms with E-state index in [9.17, 15) is 0 Å². The standard InChI is InChI=1S/C15H18ClN3S.ClH/c1-4-12-9-14(19(2)3)18-15(17-12)20-10-11-7-5-6-8-13(11)16;/h5-9H,4,10H2,1-3H3;1H. The molecule has 0 amide bonds. The molecular formula is C15H19Cl2N3S. The third-order valence-electron chi connectivity index (χ3n) is 2.88. The summed E-state index contributed by atoms with van der Waals surface area (Å²) in [7, 11) is 3.98. The first-order chi connectivity index (χ1) is 9.60. The maximum Gasteiger partial charge on any atom is 0.190 e. The summed E-state index contributed by atoms with van der Waals surface area (Å²) in [6.07, 6.45) is 0.906. The number of thioether (sulfide) groups is 1. The molecule has 0 saturated heterocycles. The van der Waals surface area contributed by atoms with Gasteiger partial charge in [0.1, 0.15) is 5.82 Å². The molecule has 0 N–H and O–H groups in total. The fourth-order valence-corrected chi connectivity index (χ4v) is 2.85. The highest BCUT2D eigenvalue weighted by Gasteiger charge is 2.07. The van der Waals surface area contributed by atoms with Gasteiger partial charge >= 0.3 is 0 Å². The molecule has 0 unspecified atom stereocenters. The van der Waals surface area contributed by atoms with Crippen LogP contribution in [0.3, 0.4) is 0 Å². The fourth-order valence-electron chi connectivity index (χ4n) is 1.69. The van der Waals surface area contributed by atoms with Crippen LogP contribution in [0.4, 0.5) is 5.82 Å². The molecule has 21 heavy (non-hydrogen) atoms. The van der Waals surface area contributed by atoms with Gasteiger partial charge in [-0.3, -0.25) is 0 Å². The van der Waals surface area contributed by atoms with Crippen LogP contribution < -0.4 is 4.90 Å². The first-order valence-corrected chi connectivity index (χ1v) is 7.88. The number of nitrogens with zero attached hydrogens (tertiary/aromatic N) is 3. The SMILES string of the molecule is CCc1cc(N(C)C)nc(SCc2ccccc2Cl)n1.Cl. The molecule has 3 nitrogen and oxygen atoms in total. The molecule has 0 fully saturated rings. The quantitative estimate of drug-likeness (QED) is 0.591. The third kappa shape index (κ3) is 5.06. The number of rotatable bonds is 5. The Hall–Kier alpha value is -0.970. The lowest BCUT2D eigenvalue weighted by Crippen LogP contribution is -2.12. The lowest BCUT2D eigenvalue weighted by Gasteiger charge is -2.13. The molecule has 1 aromatic heterocycles. The van der Waals surface area contributed by atoms with Crippen LogP contribution in [-0.4, -0.2) is 24.1 Å². The van der Waals surface area contributed by atoms with Gasteiger partial charge < -0.3 is 4.90 Å². The van der Waals surface area contributed by atoms with Crippen LogP contribution in [0.2, 0.25) is 5.02 Å². The van der Waals surface area contributed by atoms with Crippen molar-refractivity contribution in [1.82, 2.24) is 9.97 Å². The molecule has 1 heterocycles. The second kappa shape index (κ2) is 8.47. The van der Waals surface area contributed by atoms with Crippen molar-refractivity contribution in [3.63, 3.8) is 0 Å². The minimum atomic E-state index is 0. The molecule has 2 rings (SSSR count). The molecule has 114 valence electrons. The van der Waals surface area contributed by atoms with Crippen molar-refractivity contribution in [3.05, 3.63) is 46.6 Å². The van der Waals surface area contributed by atoms with E-state index in [0.717, 1.165) is 39.4 Å². The molecule has 1 aromatic carbocycles. The molecule has 0 saturated carbocycles. The van der Waals surface area contributed by atoms with Crippen molar-refractivity contribution < 1.29 is 0 Å². The van der Waals surface area contributed by atoms with Crippen molar-refractivity contribution in [1.29, 1.82) is 0 Å². The van der Waals surface area contributed by atoms with Crippen LogP contribution >= 0.6 is 35.8 Å². The number of anilines is 1. The number of benzene rings is 1. The van der Waals surface area contributed by atoms with E-state index in [2.05, 4.69) is 16.9 Å². The van der Waals surface area contributed by atoms with Crippen molar-refractivity contribution in [2.45, 2.75) is 24.3 Å². The van der Waals surface area contributed by atoms with Crippen LogP contribution in [0, 0.1) is 0 Å². The Balaban J connectivity index is 0.00000220. The van der Waals surface area contributed by atoms with Gasteiger partial charge in [0, 0.05) is 36.6 Å². The maximum atomic E-state index is 6.17. The zero-order valence-corrected chi connectivity index (χ0v) is 14.7. The number of hydrogen-bond acceptors (Lipinski definition) is 4. The molecule has 0 aliphatic rings. The Bertz CT molecular complexity index is 591. The predicted octanol–water partition coefficient (Wildman–Crippen LogP) is 4.47. The van der Waals surface area contributed by atoms with Crippen LogP contribution in [0.5, 0.6) is 0 Å². The van der Waals surface area contributed by atoms with Crippen molar-refractivity contribution >= 4 is 41.6 Å². The molecule has 2 aromatic rings. The Kier molecular flexibility index (Phi) is 7.29. The first-order valence-electron chi connectivity index (χ1n) is 6.51. The van der Waals surface area contributed by atoms with Gasteiger partial charge in [0.05, 0.1) is 0 Å². The topological polar surface area (TPSA) is 29.0 Å². The number of hydrogen-bond donors (Lipinski definition) is 0. The molecule has 6 heteroatoms. The molecule has 0 radical (unpaired) electrons. The van der Waals surface area contributed by atoms with E-state index in [1.54, 1.807) is 11.8 Å². The lowest BCUT2D eigenvalue weighted by atomic mass is 10.2. The monoisotopic (exact) mass is 343 g/mol. The van der Waals surface area contributed by atoms with Gasteiger partial charge in [0.2, 0.25) is 0 Å². The smallest absolute Gasteiger partial charge is 0.190 e. The first kappa shape index (κ1) is 18.1. The zero-order valence-electron chi connectivity index (χ0n) is 12.3. The molecule has 0 aliphatic carbocycles. The van der Waals surface area contributed by atoms with Crippen molar-refractivity contribution in [2.75, 3.05) is 19.0 Å². The zero-order chi connectivity index (χ0) is 14.5. The van der Waals surface area contributed by atoms with Gasteiger partial charge in [0.15, 0.2) is 5.16 Å². The summed E-state index contributed by atoms with van der Waals surface area (Å²) < 4.78 is 0. The largest absolute Gasteiger partial charge is 0.363 e. The van der Waals surface area contributed by atoms with E-state index < -0.39 is 0 Å². The summed E-state index contributed by atoms with van der Waals surface area (Å²) in [4.78, 5) is 11.1. The minimum absolute atomic E-state index is 0. The van der Waals surface area contributed by atoms with Gasteiger partial charge in [-0.05, 0) is 18.1 Å². The fraction of sp³-hybridized carbons (Fsp3) is 0.333. The lowest BCUT2D eigenvalue weighted by molar-refractivity contribution is 0.870. The predicted molar refractivity (Wildman–Crippen MR) is 94.0 cm³/mol. The summed E-state index contributed by atoms with van der Waals surface area (Å²) in [6, 6.07) is 9.91. The molecule has 0 bridgehead atoms. The summed E-state index contributed by atoms with van der Waals surface area (Å²) in [5.74, 6) is 1.72. The number of halogens is 2. The van der Waals surface area contributed by atoms with Gasteiger partial charge in [-0.1, -0.05) is 48.5 Å². The highest BCUT2D eigenvalue weighted by Crippen LogP contribution is 2.25. The van der Waals surface area contributed by atoms with E-state index in [4.69, 9.17) is 11.6 Å². The van der Waals surface area contributed by atoms with E-state index in [0.29, 0.717) is 0 Å². The van der Waals surface area contributed by atoms with Gasteiger partial charge in [-0.15, -0.1) is 12.4 Å². The highest BCUT2D eigenvalue weighted by molar-refractivity contribution is 7.98. The van der Waals surface area contributed by atoms with E-state index >= 15 is 0 Å². The molecular weight excluding hydrogens is 325 g/mol. The van der Waals surface area contributed by atoms with E-state index in [-0.39, 0.29) is 12.4 Å². The number of aromatic nitrogens is 2. The van der Waals surface area contributed by atoms with Crippen LogP contribution in [0.1, 0.15) is 18.2 Å². The van der Waals surface area contributed by atoms with Crippen LogP contribution in [-0.2, 0) is 12.2 Å².